The van der Waals surface area contributed by atoms with Gasteiger partial charge in [-0.3, -0.25) is 19.0 Å². The zero-order valence-corrected chi connectivity index (χ0v) is 30.5. The molecule has 7 rings (SSSR count). The van der Waals surface area contributed by atoms with Crippen molar-refractivity contribution in [3.8, 4) is 5.75 Å². The minimum absolute atomic E-state index is 0.0292. The summed E-state index contributed by atoms with van der Waals surface area (Å²) in [6, 6.07) is 11.6. The maximum atomic E-state index is 14.6. The number of halogens is 1. The normalized spacial score (nSPS) is 30.2. The molecule has 1 spiro atoms. The number of ether oxygens (including phenoxy) is 2. The Morgan fingerprint density at radius 1 is 1.22 bits per heavy atom. The Balaban J connectivity index is 1.31. The Hall–Kier alpha value is -3.67. The molecule has 0 unspecified atom stereocenters. The zero-order chi connectivity index (χ0) is 35.0. The summed E-state index contributed by atoms with van der Waals surface area (Å²) >= 11 is 6.45. The molecule has 1 saturated carbocycles. The van der Waals surface area contributed by atoms with Crippen molar-refractivity contribution in [2.24, 2.45) is 29.2 Å². The van der Waals surface area contributed by atoms with Crippen molar-refractivity contribution in [2.45, 2.75) is 63.4 Å². The number of aromatic nitrogens is 2. The van der Waals surface area contributed by atoms with Crippen LogP contribution in [-0.4, -0.2) is 64.5 Å². The highest BCUT2D eigenvalue weighted by atomic mass is 35.5. The molecule has 1 N–H and O–H groups in total. The van der Waals surface area contributed by atoms with Crippen molar-refractivity contribution in [3.63, 3.8) is 0 Å². The lowest BCUT2D eigenvalue weighted by Crippen LogP contribution is -2.49. The molecule has 3 aromatic rings. The van der Waals surface area contributed by atoms with Gasteiger partial charge in [-0.2, -0.15) is 5.10 Å². The summed E-state index contributed by atoms with van der Waals surface area (Å²) in [6.45, 7) is 4.02. The van der Waals surface area contributed by atoms with Crippen LogP contribution in [0.25, 0.3) is 0 Å². The maximum absolute atomic E-state index is 14.6. The fraction of sp³-hybridized carbons (Fsp3) is 0.500. The number of nitrogens with one attached hydrogen (secondary N) is 1. The summed E-state index contributed by atoms with van der Waals surface area (Å²) in [4.78, 5) is 29.7. The average molecular weight is 720 g/mol. The molecule has 2 aliphatic heterocycles. The van der Waals surface area contributed by atoms with Gasteiger partial charge < -0.3 is 14.4 Å². The Morgan fingerprint density at radius 3 is 2.82 bits per heavy atom. The van der Waals surface area contributed by atoms with Crippen LogP contribution in [0.5, 0.6) is 5.75 Å². The van der Waals surface area contributed by atoms with E-state index in [1.807, 2.05) is 25.1 Å². The number of rotatable bonds is 4. The van der Waals surface area contributed by atoms with Crippen LogP contribution in [0.4, 0.5) is 5.69 Å². The van der Waals surface area contributed by atoms with Gasteiger partial charge in [0.25, 0.3) is 11.8 Å². The lowest BCUT2D eigenvalue weighted by atomic mass is 9.68. The van der Waals surface area contributed by atoms with E-state index < -0.39 is 21.7 Å². The van der Waals surface area contributed by atoms with Crippen molar-refractivity contribution >= 4 is 39.0 Å². The van der Waals surface area contributed by atoms with Crippen molar-refractivity contribution in [3.05, 3.63) is 88.2 Å². The molecular weight excluding hydrogens is 674 g/mol. The number of carbonyl (C=O) groups is 2. The van der Waals surface area contributed by atoms with Gasteiger partial charge in [-0.05, 0) is 97.7 Å². The van der Waals surface area contributed by atoms with Crippen LogP contribution >= 0.6 is 11.6 Å². The standard InChI is InChI=1S/C38H46ClN5O5S/c1-4-25-7-5-9-34(48-3)31-13-10-28(31)21-44-23-38(16-6-8-26-17-30(39)12-14-32(26)38)24-49-35-15-11-27(18-33(35)44)36(45)41-50(47,22-25)42-37(46)29-19-40-43(2)20-29/h5,9,11-12,14-15,17-20,25,28,31,34H,4,6-8,10,13,16,21-24H2,1-3H3,(H,41,42,45,46,47)/b9-5+/t25-,28-,31+,34-,38-,50+/m0/s1. The number of hydrogen-bond donors (Lipinski definition) is 1. The van der Waals surface area contributed by atoms with Crippen LogP contribution in [0.15, 0.2) is 65.3 Å². The van der Waals surface area contributed by atoms with Crippen molar-refractivity contribution in [2.75, 3.05) is 37.5 Å². The first-order chi connectivity index (χ1) is 24.1. The molecule has 2 aliphatic carbocycles. The van der Waals surface area contributed by atoms with Gasteiger partial charge in [0.05, 0.1) is 35.9 Å². The average Bonchev–Trinajstić information content (AvgIpc) is 3.47. The second-order valence-electron chi connectivity index (χ2n) is 14.5. The predicted octanol–water partition coefficient (Wildman–Crippen LogP) is 6.53. The number of benzene rings is 2. The van der Waals surface area contributed by atoms with Crippen LogP contribution in [0, 0.1) is 17.8 Å². The highest BCUT2D eigenvalue weighted by Gasteiger charge is 2.44. The van der Waals surface area contributed by atoms with Gasteiger partial charge in [-0.15, -0.1) is 4.36 Å². The van der Waals surface area contributed by atoms with Crippen LogP contribution < -0.4 is 14.4 Å². The Kier molecular flexibility index (Phi) is 9.84. The quantitative estimate of drug-likeness (QED) is 0.305. The van der Waals surface area contributed by atoms with Crippen LogP contribution in [0.1, 0.15) is 77.3 Å². The summed E-state index contributed by atoms with van der Waals surface area (Å²) in [5.41, 5.74) is 3.65. The van der Waals surface area contributed by atoms with Crippen molar-refractivity contribution in [1.82, 2.24) is 14.5 Å². The number of anilines is 1. The summed E-state index contributed by atoms with van der Waals surface area (Å²) in [5.74, 6) is 0.148. The van der Waals surface area contributed by atoms with E-state index in [2.05, 4.69) is 43.4 Å². The first kappa shape index (κ1) is 34.8. The molecule has 2 amide bonds. The summed E-state index contributed by atoms with van der Waals surface area (Å²) in [5, 5.41) is 4.81. The third-order valence-corrected chi connectivity index (χ3v) is 13.3. The molecule has 1 aromatic heterocycles. The molecule has 3 heterocycles. The second-order valence-corrected chi connectivity index (χ2v) is 16.9. The van der Waals surface area contributed by atoms with E-state index in [4.69, 9.17) is 21.1 Å². The van der Waals surface area contributed by atoms with Gasteiger partial charge in [0.15, 0.2) is 0 Å². The lowest BCUT2D eigenvalue weighted by molar-refractivity contribution is 0.0131. The smallest absolute Gasteiger partial charge is 0.286 e. The van der Waals surface area contributed by atoms with Crippen LogP contribution in [0.3, 0.4) is 0 Å². The van der Waals surface area contributed by atoms with E-state index in [0.29, 0.717) is 42.6 Å². The molecule has 1 fully saturated rings. The summed E-state index contributed by atoms with van der Waals surface area (Å²) in [6.07, 6.45) is 13.6. The van der Waals surface area contributed by atoms with E-state index in [1.54, 1.807) is 26.4 Å². The number of methoxy groups -OCH3 is 1. The van der Waals surface area contributed by atoms with Crippen molar-refractivity contribution < 1.29 is 23.3 Å². The molecule has 10 nitrogen and oxygen atoms in total. The molecule has 6 atom stereocenters. The van der Waals surface area contributed by atoms with Crippen LogP contribution in [-0.2, 0) is 33.5 Å². The molecule has 0 radical (unpaired) electrons. The van der Waals surface area contributed by atoms with Crippen LogP contribution in [0.2, 0.25) is 5.02 Å². The lowest BCUT2D eigenvalue weighted by Gasteiger charge is -2.46. The molecule has 2 aromatic carbocycles. The number of aryl methyl sites for hydroxylation is 2. The van der Waals surface area contributed by atoms with Gasteiger partial charge in [0, 0.05) is 49.4 Å². The Bertz CT molecular complexity index is 1940. The minimum atomic E-state index is -3.53. The monoisotopic (exact) mass is 719 g/mol. The largest absolute Gasteiger partial charge is 0.490 e. The number of fused-ring (bicyclic) bond motifs is 4. The fourth-order valence-electron chi connectivity index (χ4n) is 8.29. The van der Waals surface area contributed by atoms with E-state index in [9.17, 15) is 13.8 Å². The third-order valence-electron chi connectivity index (χ3n) is 11.2. The Labute approximate surface area is 299 Å². The van der Waals surface area contributed by atoms with Gasteiger partial charge >= 0.3 is 0 Å². The number of amides is 2. The molecule has 12 heteroatoms. The topological polar surface area (TPSA) is 115 Å². The summed E-state index contributed by atoms with van der Waals surface area (Å²) in [7, 11) is -0.0560. The molecule has 2 bridgehead atoms. The predicted molar refractivity (Wildman–Crippen MR) is 195 cm³/mol. The number of carbonyl (C=O) groups excluding carboxylic acids is 2. The zero-order valence-electron chi connectivity index (χ0n) is 29.0. The third kappa shape index (κ3) is 6.96. The number of nitrogens with zero attached hydrogens (tertiary/aromatic N) is 4. The molecule has 0 saturated heterocycles. The first-order valence-electron chi connectivity index (χ1n) is 17.7. The number of allylic oxidation sites excluding steroid dienone is 1. The molecular formula is C38H46ClN5O5S. The van der Waals surface area contributed by atoms with Gasteiger partial charge in [-0.25, -0.2) is 4.21 Å². The van der Waals surface area contributed by atoms with Gasteiger partial charge in [-0.1, -0.05) is 43.2 Å². The SMILES string of the molecule is CC[C@H]1C/C=C/[C@H](OC)[C@@H]2CC[C@H]2CN2C[C@@]3(CCCc4cc(Cl)ccc43)COc3ccc(cc32)C(=O)N=[S@@](=O)(NC(=O)c2cnn(C)c2)C1. The fourth-order valence-corrected chi connectivity index (χ4v) is 10.5. The maximum Gasteiger partial charge on any atom is 0.286 e. The first-order valence-corrected chi connectivity index (χ1v) is 19.7. The molecule has 266 valence electrons. The number of hydrogen-bond acceptors (Lipinski definition) is 7. The molecule has 50 heavy (non-hydrogen) atoms. The second kappa shape index (κ2) is 14.2. The van der Waals surface area contributed by atoms with E-state index in [0.717, 1.165) is 55.9 Å². The van der Waals surface area contributed by atoms with E-state index in [-0.39, 0.29) is 28.8 Å². The van der Waals surface area contributed by atoms with Gasteiger partial charge in [0.2, 0.25) is 0 Å². The Morgan fingerprint density at radius 2 is 2.08 bits per heavy atom. The van der Waals surface area contributed by atoms with E-state index in [1.165, 1.54) is 22.0 Å². The van der Waals surface area contributed by atoms with Gasteiger partial charge in [0.1, 0.15) is 15.7 Å². The van der Waals surface area contributed by atoms with E-state index >= 15 is 0 Å². The highest BCUT2D eigenvalue weighted by Crippen LogP contribution is 2.47. The minimum Gasteiger partial charge on any atom is -0.490 e. The highest BCUT2D eigenvalue weighted by molar-refractivity contribution is 7.92. The summed E-state index contributed by atoms with van der Waals surface area (Å²) < 4.78 is 35.7. The molecule has 4 aliphatic rings. The van der Waals surface area contributed by atoms with Crippen molar-refractivity contribution in [1.29, 1.82) is 0 Å².